The number of ether oxygens (including phenoxy) is 2. The van der Waals surface area contributed by atoms with Crippen LogP contribution in [0.4, 0.5) is 0 Å². The van der Waals surface area contributed by atoms with Crippen LogP contribution in [0.15, 0.2) is 42.0 Å². The smallest absolute Gasteiger partial charge is 0.137 e. The van der Waals surface area contributed by atoms with Crippen LogP contribution in [-0.4, -0.2) is 28.3 Å². The standard InChI is InChI=1S/C18H21N3O2S/c1-4-23-13(2)17-19-8-9-21(17)11-15-12-24-18(20-15)14-6-5-7-16(10-14)22-3/h5-10,12-13H,4,11H2,1-3H3/t13-/m0/s1. The van der Waals surface area contributed by atoms with Crippen molar-refractivity contribution < 1.29 is 9.47 Å². The highest BCUT2D eigenvalue weighted by Crippen LogP contribution is 2.27. The molecule has 2 heterocycles. The van der Waals surface area contributed by atoms with Crippen molar-refractivity contribution in [3.63, 3.8) is 0 Å². The fourth-order valence-electron chi connectivity index (χ4n) is 2.58. The molecule has 5 nitrogen and oxygen atoms in total. The van der Waals surface area contributed by atoms with Gasteiger partial charge in [-0.05, 0) is 26.0 Å². The summed E-state index contributed by atoms with van der Waals surface area (Å²) in [5.74, 6) is 1.76. The van der Waals surface area contributed by atoms with E-state index in [0.717, 1.165) is 27.8 Å². The van der Waals surface area contributed by atoms with E-state index in [0.29, 0.717) is 13.2 Å². The third-order valence-electron chi connectivity index (χ3n) is 3.73. The summed E-state index contributed by atoms with van der Waals surface area (Å²) in [6.45, 7) is 5.37. The number of hydrogen-bond acceptors (Lipinski definition) is 5. The lowest BCUT2D eigenvalue weighted by Crippen LogP contribution is -2.10. The minimum Gasteiger partial charge on any atom is -0.497 e. The van der Waals surface area contributed by atoms with E-state index in [1.807, 2.05) is 44.3 Å². The zero-order chi connectivity index (χ0) is 16.9. The number of imidazole rings is 1. The second kappa shape index (κ2) is 7.59. The van der Waals surface area contributed by atoms with Gasteiger partial charge in [0.15, 0.2) is 0 Å². The van der Waals surface area contributed by atoms with Gasteiger partial charge in [-0.2, -0.15) is 0 Å². The average Bonchev–Trinajstić information content (AvgIpc) is 3.25. The van der Waals surface area contributed by atoms with Gasteiger partial charge in [0.25, 0.3) is 0 Å². The Hall–Kier alpha value is -2.18. The quantitative estimate of drug-likeness (QED) is 0.646. The van der Waals surface area contributed by atoms with Crippen molar-refractivity contribution in [2.75, 3.05) is 13.7 Å². The molecular formula is C18H21N3O2S. The Morgan fingerprint density at radius 3 is 3.00 bits per heavy atom. The Morgan fingerprint density at radius 1 is 1.33 bits per heavy atom. The van der Waals surface area contributed by atoms with Crippen molar-refractivity contribution >= 4 is 11.3 Å². The van der Waals surface area contributed by atoms with E-state index in [-0.39, 0.29) is 6.10 Å². The van der Waals surface area contributed by atoms with Crippen molar-refractivity contribution in [3.8, 4) is 16.3 Å². The van der Waals surface area contributed by atoms with E-state index in [1.165, 1.54) is 0 Å². The number of nitrogens with zero attached hydrogens (tertiary/aromatic N) is 3. The summed E-state index contributed by atoms with van der Waals surface area (Å²) >= 11 is 1.64. The van der Waals surface area contributed by atoms with E-state index >= 15 is 0 Å². The normalized spacial score (nSPS) is 12.3. The molecule has 0 fully saturated rings. The second-order valence-corrected chi connectivity index (χ2v) is 6.24. The van der Waals surface area contributed by atoms with Crippen molar-refractivity contribution in [2.24, 2.45) is 0 Å². The predicted molar refractivity (Wildman–Crippen MR) is 95.5 cm³/mol. The highest BCUT2D eigenvalue weighted by molar-refractivity contribution is 7.13. The Kier molecular flexibility index (Phi) is 5.27. The van der Waals surface area contributed by atoms with Crippen LogP contribution in [0.25, 0.3) is 10.6 Å². The topological polar surface area (TPSA) is 49.2 Å². The third-order valence-corrected chi connectivity index (χ3v) is 4.67. The van der Waals surface area contributed by atoms with Gasteiger partial charge in [-0.15, -0.1) is 11.3 Å². The molecule has 0 aliphatic carbocycles. The van der Waals surface area contributed by atoms with Crippen LogP contribution in [-0.2, 0) is 11.3 Å². The number of rotatable bonds is 7. The van der Waals surface area contributed by atoms with Crippen LogP contribution in [0.2, 0.25) is 0 Å². The van der Waals surface area contributed by atoms with Gasteiger partial charge in [0, 0.05) is 29.9 Å². The van der Waals surface area contributed by atoms with Crippen LogP contribution < -0.4 is 4.74 Å². The average molecular weight is 343 g/mol. The van der Waals surface area contributed by atoms with Gasteiger partial charge in [-0.1, -0.05) is 12.1 Å². The van der Waals surface area contributed by atoms with Gasteiger partial charge in [0.1, 0.15) is 22.7 Å². The summed E-state index contributed by atoms with van der Waals surface area (Å²) in [5, 5.41) is 3.08. The van der Waals surface area contributed by atoms with Crippen LogP contribution >= 0.6 is 11.3 Å². The van der Waals surface area contributed by atoms with Gasteiger partial charge in [0.2, 0.25) is 0 Å². The van der Waals surface area contributed by atoms with E-state index < -0.39 is 0 Å². The summed E-state index contributed by atoms with van der Waals surface area (Å²) < 4.78 is 13.0. The molecule has 3 rings (SSSR count). The second-order valence-electron chi connectivity index (χ2n) is 5.39. The maximum atomic E-state index is 5.65. The first-order valence-corrected chi connectivity index (χ1v) is 8.80. The minimum atomic E-state index is -0.0264. The first kappa shape index (κ1) is 16.7. The van der Waals surface area contributed by atoms with E-state index in [9.17, 15) is 0 Å². The summed E-state index contributed by atoms with van der Waals surface area (Å²) in [6, 6.07) is 7.96. The SMILES string of the molecule is CCO[C@@H](C)c1nccn1Cc1csc(-c2cccc(OC)c2)n1. The minimum absolute atomic E-state index is 0.0264. The molecule has 0 aliphatic heterocycles. The summed E-state index contributed by atoms with van der Waals surface area (Å²) in [4.78, 5) is 9.17. The van der Waals surface area contributed by atoms with Crippen molar-refractivity contribution in [1.82, 2.24) is 14.5 Å². The number of methoxy groups -OCH3 is 1. The first-order valence-electron chi connectivity index (χ1n) is 7.92. The van der Waals surface area contributed by atoms with Crippen molar-refractivity contribution in [1.29, 1.82) is 0 Å². The highest BCUT2D eigenvalue weighted by Gasteiger charge is 2.13. The molecule has 0 saturated carbocycles. The fraction of sp³-hybridized carbons (Fsp3) is 0.333. The number of benzene rings is 1. The fourth-order valence-corrected chi connectivity index (χ4v) is 3.39. The lowest BCUT2D eigenvalue weighted by molar-refractivity contribution is 0.0677. The Labute approximate surface area is 145 Å². The molecule has 0 radical (unpaired) electrons. The molecule has 126 valence electrons. The Balaban J connectivity index is 1.78. The molecule has 0 bridgehead atoms. The van der Waals surface area contributed by atoms with Crippen molar-refractivity contribution in [3.05, 3.63) is 53.6 Å². The molecule has 0 spiro atoms. The monoisotopic (exact) mass is 343 g/mol. The molecule has 1 atom stereocenters. The molecule has 3 aromatic rings. The zero-order valence-corrected chi connectivity index (χ0v) is 14.9. The summed E-state index contributed by atoms with van der Waals surface area (Å²) in [5.41, 5.74) is 2.08. The van der Waals surface area contributed by atoms with E-state index in [2.05, 4.69) is 14.9 Å². The molecule has 0 amide bonds. The Bertz CT molecular complexity index is 797. The molecule has 2 aromatic heterocycles. The van der Waals surface area contributed by atoms with Crippen LogP contribution in [0.1, 0.15) is 31.5 Å². The van der Waals surface area contributed by atoms with Gasteiger partial charge in [-0.3, -0.25) is 0 Å². The Morgan fingerprint density at radius 2 is 2.21 bits per heavy atom. The maximum absolute atomic E-state index is 5.65. The zero-order valence-electron chi connectivity index (χ0n) is 14.1. The predicted octanol–water partition coefficient (Wildman–Crippen LogP) is 4.16. The molecule has 0 saturated heterocycles. The molecule has 1 aromatic carbocycles. The number of hydrogen-bond donors (Lipinski definition) is 0. The van der Waals surface area contributed by atoms with Gasteiger partial charge in [0.05, 0.1) is 19.3 Å². The largest absolute Gasteiger partial charge is 0.497 e. The van der Waals surface area contributed by atoms with Crippen LogP contribution in [0, 0.1) is 0 Å². The van der Waals surface area contributed by atoms with E-state index in [4.69, 9.17) is 14.5 Å². The molecule has 24 heavy (non-hydrogen) atoms. The number of aromatic nitrogens is 3. The molecule has 0 aliphatic rings. The van der Waals surface area contributed by atoms with Gasteiger partial charge >= 0.3 is 0 Å². The number of thiazole rings is 1. The van der Waals surface area contributed by atoms with Crippen LogP contribution in [0.5, 0.6) is 5.75 Å². The van der Waals surface area contributed by atoms with Crippen molar-refractivity contribution in [2.45, 2.75) is 26.5 Å². The molecule has 0 N–H and O–H groups in total. The molecule has 0 unspecified atom stereocenters. The van der Waals surface area contributed by atoms with Crippen LogP contribution in [0.3, 0.4) is 0 Å². The lowest BCUT2D eigenvalue weighted by atomic mass is 10.2. The van der Waals surface area contributed by atoms with Gasteiger partial charge in [-0.25, -0.2) is 9.97 Å². The molecular weight excluding hydrogens is 322 g/mol. The molecule has 6 heteroatoms. The first-order chi connectivity index (χ1) is 11.7. The summed E-state index contributed by atoms with van der Waals surface area (Å²) in [6.07, 6.45) is 3.75. The third kappa shape index (κ3) is 3.66. The van der Waals surface area contributed by atoms with E-state index in [1.54, 1.807) is 24.6 Å². The maximum Gasteiger partial charge on any atom is 0.137 e. The van der Waals surface area contributed by atoms with Gasteiger partial charge < -0.3 is 14.0 Å². The highest BCUT2D eigenvalue weighted by atomic mass is 32.1. The lowest BCUT2D eigenvalue weighted by Gasteiger charge is -2.13. The summed E-state index contributed by atoms with van der Waals surface area (Å²) in [7, 11) is 1.67.